The maximum atomic E-state index is 11.6. The lowest BCUT2D eigenvalue weighted by molar-refractivity contribution is 0.0527. The number of nitrogens with zero attached hydrogens (tertiary/aromatic N) is 2. The lowest BCUT2D eigenvalue weighted by Crippen LogP contribution is -2.33. The average molecular weight is 414 g/mol. The molecule has 0 bridgehead atoms. The van der Waals surface area contributed by atoms with Crippen LogP contribution in [-0.2, 0) is 9.39 Å². The molecule has 1 aliphatic heterocycles. The molecule has 0 saturated heterocycles. The molecule has 3 N–H and O–H groups in total. The highest BCUT2D eigenvalue weighted by molar-refractivity contribution is 6.61. The summed E-state index contributed by atoms with van der Waals surface area (Å²) in [6, 6.07) is 7.09. The molecule has 1 unspecified atom stereocenters. The molecule has 2 aromatic rings. The van der Waals surface area contributed by atoms with Crippen molar-refractivity contribution < 1.29 is 23.9 Å². The van der Waals surface area contributed by atoms with E-state index in [-0.39, 0.29) is 6.10 Å². The van der Waals surface area contributed by atoms with Crippen molar-refractivity contribution in [2.45, 2.75) is 45.8 Å². The topological polar surface area (TPSA) is 115 Å². The second-order valence-corrected chi connectivity index (χ2v) is 7.95. The normalized spacial score (nSPS) is 15.5. The summed E-state index contributed by atoms with van der Waals surface area (Å²) in [5.74, 6) is 1.35. The van der Waals surface area contributed by atoms with Gasteiger partial charge in [0, 0.05) is 25.4 Å². The van der Waals surface area contributed by atoms with Crippen LogP contribution in [0.5, 0.6) is 11.6 Å². The summed E-state index contributed by atoms with van der Waals surface area (Å²) in [5, 5.41) is 15.8. The van der Waals surface area contributed by atoms with Crippen molar-refractivity contribution in [3.05, 3.63) is 36.0 Å². The Morgan fingerprint density at radius 1 is 1.30 bits per heavy atom. The molecule has 0 aliphatic carbocycles. The second-order valence-electron chi connectivity index (χ2n) is 7.95. The molecule has 3 rings (SSSR count). The van der Waals surface area contributed by atoms with E-state index in [0.29, 0.717) is 42.6 Å². The van der Waals surface area contributed by atoms with E-state index in [1.807, 2.05) is 39.8 Å². The average Bonchev–Trinajstić information content (AvgIpc) is 2.94. The van der Waals surface area contributed by atoms with E-state index in [0.717, 1.165) is 5.56 Å². The molecule has 30 heavy (non-hydrogen) atoms. The second kappa shape index (κ2) is 9.31. The molecule has 1 aromatic heterocycles. The number of ether oxygens (including phenoxy) is 2. The number of rotatable bonds is 7. The number of fused-ring (bicyclic) bond motifs is 1. The van der Waals surface area contributed by atoms with Crippen molar-refractivity contribution >= 4 is 24.6 Å². The number of carbonyl (C=O) groups is 1. The Bertz CT molecular complexity index is 890. The number of hydrogen-bond donors (Lipinski definition) is 3. The number of anilines is 1. The number of alkyl carbamates (subject to hydrolysis) is 1. The van der Waals surface area contributed by atoms with Gasteiger partial charge in [-0.15, -0.1) is 0 Å². The molecule has 10 heteroatoms. The Morgan fingerprint density at radius 3 is 2.87 bits per heavy atom. The lowest BCUT2D eigenvalue weighted by Gasteiger charge is -2.19. The summed E-state index contributed by atoms with van der Waals surface area (Å²) in [5.41, 5.74) is 1.13. The molecule has 1 aromatic carbocycles. The van der Waals surface area contributed by atoms with E-state index in [1.165, 1.54) is 0 Å². The molecule has 0 saturated carbocycles. The summed E-state index contributed by atoms with van der Waals surface area (Å²) in [7, 11) is -0.949. The first kappa shape index (κ1) is 21.9. The highest BCUT2D eigenvalue weighted by atomic mass is 16.6. The van der Waals surface area contributed by atoms with Gasteiger partial charge in [0.2, 0.25) is 11.8 Å². The molecule has 1 aliphatic rings. The van der Waals surface area contributed by atoms with E-state index in [4.69, 9.17) is 14.1 Å². The van der Waals surface area contributed by atoms with Crippen molar-refractivity contribution in [1.29, 1.82) is 0 Å². The molecule has 0 radical (unpaired) electrons. The summed E-state index contributed by atoms with van der Waals surface area (Å²) in [4.78, 5) is 20.1. The third kappa shape index (κ3) is 6.07. The van der Waals surface area contributed by atoms with Gasteiger partial charge in [-0.05, 0) is 57.3 Å². The van der Waals surface area contributed by atoms with Crippen LogP contribution in [-0.4, -0.2) is 46.9 Å². The van der Waals surface area contributed by atoms with Crippen LogP contribution in [0.25, 0.3) is 0 Å². The SMILES string of the molecule is CC1OB(O)c2cc(Oc3ccnc(NCCCNC(=O)OC(C)(C)C)n3)ccc21. The quantitative estimate of drug-likeness (QED) is 0.467. The maximum Gasteiger partial charge on any atom is 0.492 e. The highest BCUT2D eigenvalue weighted by Crippen LogP contribution is 2.27. The van der Waals surface area contributed by atoms with Crippen LogP contribution >= 0.6 is 0 Å². The standard InChI is InChI=1S/C20H27BN4O5/c1-13-15-7-6-14(12-16(15)21(27)30-13)28-17-8-11-23-18(25-17)22-9-5-10-24-19(26)29-20(2,3)4/h6-8,11-13,27H,5,9-10H2,1-4H3,(H,24,26)(H,22,23,25). The van der Waals surface area contributed by atoms with E-state index in [2.05, 4.69) is 20.6 Å². The third-order valence-corrected chi connectivity index (χ3v) is 4.25. The molecule has 0 fully saturated rings. The van der Waals surface area contributed by atoms with Gasteiger partial charge in [0.1, 0.15) is 11.4 Å². The fourth-order valence-corrected chi connectivity index (χ4v) is 2.94. The number of aromatic nitrogens is 2. The first-order chi connectivity index (χ1) is 14.2. The predicted octanol–water partition coefficient (Wildman–Crippen LogP) is 2.37. The highest BCUT2D eigenvalue weighted by Gasteiger charge is 2.32. The Hall–Kier alpha value is -2.85. The van der Waals surface area contributed by atoms with Gasteiger partial charge in [-0.2, -0.15) is 4.98 Å². The van der Waals surface area contributed by atoms with Crippen LogP contribution < -0.4 is 20.8 Å². The van der Waals surface area contributed by atoms with Crippen molar-refractivity contribution in [2.24, 2.45) is 0 Å². The fraction of sp³-hybridized carbons (Fsp3) is 0.450. The van der Waals surface area contributed by atoms with Crippen LogP contribution in [0.1, 0.15) is 45.8 Å². The fourth-order valence-electron chi connectivity index (χ4n) is 2.94. The first-order valence-corrected chi connectivity index (χ1v) is 9.90. The van der Waals surface area contributed by atoms with Gasteiger partial charge in [-0.25, -0.2) is 9.78 Å². The summed E-state index contributed by atoms with van der Waals surface area (Å²) >= 11 is 0. The van der Waals surface area contributed by atoms with E-state index >= 15 is 0 Å². The Morgan fingerprint density at radius 2 is 2.10 bits per heavy atom. The lowest BCUT2D eigenvalue weighted by atomic mass is 9.79. The van der Waals surface area contributed by atoms with Crippen LogP contribution in [0.3, 0.4) is 0 Å². The number of carbonyl (C=O) groups excluding carboxylic acids is 1. The van der Waals surface area contributed by atoms with Gasteiger partial charge in [-0.1, -0.05) is 6.07 Å². The zero-order valence-corrected chi connectivity index (χ0v) is 17.6. The van der Waals surface area contributed by atoms with Crippen molar-refractivity contribution in [3.63, 3.8) is 0 Å². The van der Waals surface area contributed by atoms with Gasteiger partial charge < -0.3 is 29.8 Å². The van der Waals surface area contributed by atoms with Gasteiger partial charge in [0.15, 0.2) is 0 Å². The van der Waals surface area contributed by atoms with E-state index in [9.17, 15) is 9.82 Å². The molecule has 9 nitrogen and oxygen atoms in total. The van der Waals surface area contributed by atoms with Crippen molar-refractivity contribution in [1.82, 2.24) is 15.3 Å². The number of benzene rings is 1. The molecule has 1 atom stereocenters. The predicted molar refractivity (Wildman–Crippen MR) is 113 cm³/mol. The van der Waals surface area contributed by atoms with Gasteiger partial charge >= 0.3 is 13.2 Å². The zero-order valence-electron chi connectivity index (χ0n) is 17.6. The van der Waals surface area contributed by atoms with Gasteiger partial charge in [0.05, 0.1) is 6.10 Å². The largest absolute Gasteiger partial charge is 0.492 e. The first-order valence-electron chi connectivity index (χ1n) is 9.90. The summed E-state index contributed by atoms with van der Waals surface area (Å²) in [6.07, 6.45) is 1.68. The van der Waals surface area contributed by atoms with Crippen LogP contribution in [0.15, 0.2) is 30.5 Å². The Labute approximate surface area is 176 Å². The molecular formula is C20H27BN4O5. The molecule has 2 heterocycles. The summed E-state index contributed by atoms with van der Waals surface area (Å²) in [6.45, 7) is 8.38. The summed E-state index contributed by atoms with van der Waals surface area (Å²) < 4.78 is 16.4. The smallest absolute Gasteiger partial charge is 0.444 e. The third-order valence-electron chi connectivity index (χ3n) is 4.25. The number of amides is 1. The Kier molecular flexibility index (Phi) is 6.78. The van der Waals surface area contributed by atoms with Crippen LogP contribution in [0.2, 0.25) is 0 Å². The van der Waals surface area contributed by atoms with Gasteiger partial charge in [0.25, 0.3) is 0 Å². The van der Waals surface area contributed by atoms with Crippen LogP contribution in [0, 0.1) is 0 Å². The Balaban J connectivity index is 1.47. The van der Waals surface area contributed by atoms with Crippen LogP contribution in [0.4, 0.5) is 10.7 Å². The van der Waals surface area contributed by atoms with E-state index in [1.54, 1.807) is 18.3 Å². The molecule has 160 valence electrons. The minimum absolute atomic E-state index is 0.149. The van der Waals surface area contributed by atoms with Crippen molar-refractivity contribution in [2.75, 3.05) is 18.4 Å². The molecule has 1 amide bonds. The maximum absolute atomic E-state index is 11.6. The van der Waals surface area contributed by atoms with Gasteiger partial charge in [-0.3, -0.25) is 0 Å². The molecule has 0 spiro atoms. The minimum atomic E-state index is -0.949. The number of hydrogen-bond acceptors (Lipinski definition) is 8. The molecular weight excluding hydrogens is 387 g/mol. The minimum Gasteiger partial charge on any atom is -0.444 e. The monoisotopic (exact) mass is 414 g/mol. The van der Waals surface area contributed by atoms with E-state index < -0.39 is 18.8 Å². The number of nitrogens with one attached hydrogen (secondary N) is 2. The van der Waals surface area contributed by atoms with Crippen molar-refractivity contribution in [3.8, 4) is 11.6 Å². The zero-order chi connectivity index (χ0) is 21.7.